The van der Waals surface area contributed by atoms with Crippen molar-refractivity contribution in [1.29, 1.82) is 0 Å². The standard InChI is InChI=1S/C13H7ClFNO5/c14-8-5-12(10(16(19)20)6-9(8)15)21-11-4-2-1-3-7(11)13(17)18/h1-6H,(H,17,18). The molecule has 0 saturated heterocycles. The molecule has 0 aliphatic rings. The van der Waals surface area contributed by atoms with E-state index in [0.29, 0.717) is 6.07 Å². The molecule has 1 N–H and O–H groups in total. The van der Waals surface area contributed by atoms with Crippen molar-refractivity contribution in [2.45, 2.75) is 0 Å². The van der Waals surface area contributed by atoms with E-state index in [0.717, 1.165) is 6.07 Å². The molecule has 108 valence electrons. The lowest BCUT2D eigenvalue weighted by Gasteiger charge is -2.09. The molecule has 2 aromatic carbocycles. The minimum atomic E-state index is -1.26. The van der Waals surface area contributed by atoms with E-state index in [1.54, 1.807) is 0 Å². The third kappa shape index (κ3) is 3.09. The fourth-order valence-electron chi connectivity index (χ4n) is 1.59. The molecule has 0 spiro atoms. The molecule has 8 heteroatoms. The highest BCUT2D eigenvalue weighted by atomic mass is 35.5. The highest BCUT2D eigenvalue weighted by Crippen LogP contribution is 2.36. The van der Waals surface area contributed by atoms with Crippen molar-refractivity contribution in [3.8, 4) is 11.5 Å². The second kappa shape index (κ2) is 5.76. The van der Waals surface area contributed by atoms with Gasteiger partial charge in [-0.3, -0.25) is 10.1 Å². The number of hydrogen-bond donors (Lipinski definition) is 1. The molecule has 0 atom stereocenters. The Morgan fingerprint density at radius 3 is 2.57 bits per heavy atom. The maximum atomic E-state index is 13.3. The normalized spacial score (nSPS) is 10.2. The van der Waals surface area contributed by atoms with E-state index >= 15 is 0 Å². The molecule has 0 amide bonds. The van der Waals surface area contributed by atoms with Gasteiger partial charge in [0.15, 0.2) is 0 Å². The Hall–Kier alpha value is -2.67. The number of aromatic carboxylic acids is 1. The Morgan fingerprint density at radius 2 is 1.95 bits per heavy atom. The second-order valence-electron chi connectivity index (χ2n) is 3.89. The van der Waals surface area contributed by atoms with Crippen LogP contribution in [0.15, 0.2) is 36.4 Å². The zero-order valence-corrected chi connectivity index (χ0v) is 11.0. The zero-order valence-electron chi connectivity index (χ0n) is 10.2. The lowest BCUT2D eigenvalue weighted by atomic mass is 10.2. The molecule has 0 saturated carbocycles. The van der Waals surface area contributed by atoms with Gasteiger partial charge in [-0.15, -0.1) is 0 Å². The summed E-state index contributed by atoms with van der Waals surface area (Å²) >= 11 is 5.57. The molecule has 6 nitrogen and oxygen atoms in total. The average molecular weight is 312 g/mol. The van der Waals surface area contributed by atoms with Gasteiger partial charge in [0, 0.05) is 6.07 Å². The summed E-state index contributed by atoms with van der Waals surface area (Å²) in [6.45, 7) is 0. The van der Waals surface area contributed by atoms with Gasteiger partial charge in [0.05, 0.1) is 16.0 Å². The van der Waals surface area contributed by atoms with E-state index in [9.17, 15) is 19.3 Å². The van der Waals surface area contributed by atoms with Gasteiger partial charge in [0.1, 0.15) is 17.1 Å². The van der Waals surface area contributed by atoms with E-state index in [2.05, 4.69) is 0 Å². The molecular formula is C13H7ClFNO5. The van der Waals surface area contributed by atoms with Crippen LogP contribution in [0.1, 0.15) is 10.4 Å². The Labute approximate surface area is 122 Å². The predicted molar refractivity (Wildman–Crippen MR) is 71.5 cm³/mol. The largest absolute Gasteiger partial charge is 0.478 e. The van der Waals surface area contributed by atoms with Gasteiger partial charge in [-0.1, -0.05) is 23.7 Å². The van der Waals surface area contributed by atoms with Gasteiger partial charge >= 0.3 is 11.7 Å². The summed E-state index contributed by atoms with van der Waals surface area (Å²) in [4.78, 5) is 21.1. The lowest BCUT2D eigenvalue weighted by molar-refractivity contribution is -0.385. The number of hydrogen-bond acceptors (Lipinski definition) is 4. The van der Waals surface area contributed by atoms with Crippen LogP contribution in [0.3, 0.4) is 0 Å². The van der Waals surface area contributed by atoms with Crippen LogP contribution in [0.5, 0.6) is 11.5 Å². The highest BCUT2D eigenvalue weighted by molar-refractivity contribution is 6.31. The molecule has 2 aromatic rings. The van der Waals surface area contributed by atoms with Crippen molar-refractivity contribution < 1.29 is 24.0 Å². The first kappa shape index (κ1) is 14.7. The number of nitro benzene ring substituents is 1. The number of nitrogens with zero attached hydrogens (tertiary/aromatic N) is 1. The van der Waals surface area contributed by atoms with Crippen LogP contribution in [0.4, 0.5) is 10.1 Å². The first-order valence-electron chi connectivity index (χ1n) is 5.53. The van der Waals surface area contributed by atoms with Crippen LogP contribution in [0, 0.1) is 15.9 Å². The van der Waals surface area contributed by atoms with E-state index in [4.69, 9.17) is 21.4 Å². The molecule has 0 heterocycles. The molecule has 0 radical (unpaired) electrons. The van der Waals surface area contributed by atoms with Gasteiger partial charge < -0.3 is 9.84 Å². The van der Waals surface area contributed by atoms with Crippen LogP contribution >= 0.6 is 11.6 Å². The van der Waals surface area contributed by atoms with Crippen LogP contribution in [0.25, 0.3) is 0 Å². The molecule has 0 unspecified atom stereocenters. The molecule has 0 aliphatic heterocycles. The zero-order chi connectivity index (χ0) is 15.6. The highest BCUT2D eigenvalue weighted by Gasteiger charge is 2.21. The van der Waals surface area contributed by atoms with E-state index < -0.39 is 22.4 Å². The quantitative estimate of drug-likeness (QED) is 0.683. The van der Waals surface area contributed by atoms with Gasteiger partial charge in [-0.25, -0.2) is 9.18 Å². The Kier molecular flexibility index (Phi) is 4.04. The van der Waals surface area contributed by atoms with Crippen LogP contribution in [-0.4, -0.2) is 16.0 Å². The number of benzene rings is 2. The summed E-state index contributed by atoms with van der Waals surface area (Å²) in [5.41, 5.74) is -0.843. The van der Waals surface area contributed by atoms with Crippen LogP contribution in [-0.2, 0) is 0 Å². The molecule has 2 rings (SSSR count). The summed E-state index contributed by atoms with van der Waals surface area (Å²) in [5.74, 6) is -2.69. The van der Waals surface area contributed by atoms with Gasteiger partial charge in [-0.05, 0) is 12.1 Å². The molecule has 21 heavy (non-hydrogen) atoms. The number of carboxylic acid groups (broad SMARTS) is 1. The number of carboxylic acids is 1. The van der Waals surface area contributed by atoms with Crippen molar-refractivity contribution >= 4 is 23.3 Å². The van der Waals surface area contributed by atoms with Crippen molar-refractivity contribution in [2.24, 2.45) is 0 Å². The molecular weight excluding hydrogens is 305 g/mol. The molecule has 0 aliphatic carbocycles. The van der Waals surface area contributed by atoms with Crippen molar-refractivity contribution in [1.82, 2.24) is 0 Å². The minimum absolute atomic E-state index is 0.115. The first-order chi connectivity index (χ1) is 9.90. The maximum absolute atomic E-state index is 13.3. The van der Waals surface area contributed by atoms with E-state index in [-0.39, 0.29) is 22.1 Å². The Bertz CT molecular complexity index is 734. The molecule has 0 aromatic heterocycles. The summed E-state index contributed by atoms with van der Waals surface area (Å²) < 4.78 is 18.5. The Morgan fingerprint density at radius 1 is 1.29 bits per heavy atom. The summed E-state index contributed by atoms with van der Waals surface area (Å²) in [6.07, 6.45) is 0. The van der Waals surface area contributed by atoms with Crippen LogP contribution < -0.4 is 4.74 Å². The van der Waals surface area contributed by atoms with Crippen molar-refractivity contribution in [2.75, 3.05) is 0 Å². The summed E-state index contributed by atoms with van der Waals surface area (Å²) in [7, 11) is 0. The number of ether oxygens (including phenoxy) is 1. The maximum Gasteiger partial charge on any atom is 0.339 e. The number of nitro groups is 1. The van der Waals surface area contributed by atoms with Crippen molar-refractivity contribution in [3.05, 3.63) is 62.9 Å². The summed E-state index contributed by atoms with van der Waals surface area (Å²) in [6, 6.07) is 7.11. The minimum Gasteiger partial charge on any atom is -0.478 e. The monoisotopic (exact) mass is 311 g/mol. The average Bonchev–Trinajstić information content (AvgIpc) is 2.42. The fourth-order valence-corrected chi connectivity index (χ4v) is 1.75. The first-order valence-corrected chi connectivity index (χ1v) is 5.91. The van der Waals surface area contributed by atoms with Gasteiger partial charge in [0.2, 0.25) is 5.75 Å². The number of carbonyl (C=O) groups is 1. The third-order valence-corrected chi connectivity index (χ3v) is 2.83. The Balaban J connectivity index is 2.52. The van der Waals surface area contributed by atoms with E-state index in [1.165, 1.54) is 24.3 Å². The summed E-state index contributed by atoms with van der Waals surface area (Å²) in [5, 5.41) is 19.5. The SMILES string of the molecule is O=C(O)c1ccccc1Oc1cc(Cl)c(F)cc1[N+](=O)[O-]. The van der Waals surface area contributed by atoms with Crippen LogP contribution in [0.2, 0.25) is 5.02 Å². The number of rotatable bonds is 4. The fraction of sp³-hybridized carbons (Fsp3) is 0. The third-order valence-electron chi connectivity index (χ3n) is 2.54. The molecule has 0 bridgehead atoms. The van der Waals surface area contributed by atoms with E-state index in [1.807, 2.05) is 0 Å². The van der Waals surface area contributed by atoms with Crippen molar-refractivity contribution in [3.63, 3.8) is 0 Å². The molecule has 0 fully saturated rings. The van der Waals surface area contributed by atoms with Gasteiger partial charge in [0.25, 0.3) is 0 Å². The second-order valence-corrected chi connectivity index (χ2v) is 4.30. The predicted octanol–water partition coefficient (Wildman–Crippen LogP) is 3.88. The topological polar surface area (TPSA) is 89.7 Å². The lowest BCUT2D eigenvalue weighted by Crippen LogP contribution is -2.01. The van der Waals surface area contributed by atoms with Gasteiger partial charge in [-0.2, -0.15) is 0 Å². The number of para-hydroxylation sites is 1. The smallest absolute Gasteiger partial charge is 0.339 e. The number of halogens is 2.